The molecule has 0 unspecified atom stereocenters. The van der Waals surface area contributed by atoms with Gasteiger partial charge in [0.1, 0.15) is 5.75 Å². The van der Waals surface area contributed by atoms with Gasteiger partial charge < -0.3 is 10.1 Å². The molecule has 1 aromatic carbocycles. The summed E-state index contributed by atoms with van der Waals surface area (Å²) < 4.78 is 5.85. The molecule has 0 saturated carbocycles. The van der Waals surface area contributed by atoms with Crippen molar-refractivity contribution in [2.24, 2.45) is 0 Å². The Morgan fingerprint density at radius 2 is 1.81 bits per heavy atom. The summed E-state index contributed by atoms with van der Waals surface area (Å²) in [7, 11) is 0. The zero-order valence-corrected chi connectivity index (χ0v) is 16.7. The van der Waals surface area contributed by atoms with Crippen LogP contribution in [0.15, 0.2) is 42.7 Å². The summed E-state index contributed by atoms with van der Waals surface area (Å²) in [5.41, 5.74) is 3.34. The molecule has 2 aromatic rings. The average molecular weight is 354 g/mol. The Hall–Kier alpha value is -2.36. The molecule has 0 saturated heterocycles. The third-order valence-electron chi connectivity index (χ3n) is 4.22. The number of nitrogens with zero attached hydrogens (tertiary/aromatic N) is 1. The smallest absolute Gasteiger partial charge is 0.258 e. The van der Waals surface area contributed by atoms with Gasteiger partial charge in [-0.2, -0.15) is 0 Å². The van der Waals surface area contributed by atoms with Crippen molar-refractivity contribution in [3.63, 3.8) is 0 Å². The quantitative estimate of drug-likeness (QED) is 0.867. The standard InChI is InChI=1S/C22H30N2O2/c1-21(2,3)17-9-10-19(18(12-17)22(4,5)6)26-15-20(25)24-14-16-8-7-11-23-13-16/h7-13H,14-15H2,1-6H3,(H,24,25). The van der Waals surface area contributed by atoms with Crippen LogP contribution in [0.5, 0.6) is 5.75 Å². The number of carbonyl (C=O) groups is 1. The SMILES string of the molecule is CC(C)(C)c1ccc(OCC(=O)NCc2cccnc2)c(C(C)(C)C)c1. The van der Waals surface area contributed by atoms with Crippen LogP contribution in [0.25, 0.3) is 0 Å². The van der Waals surface area contributed by atoms with Crippen molar-refractivity contribution in [1.82, 2.24) is 10.3 Å². The van der Waals surface area contributed by atoms with Crippen LogP contribution in [0.4, 0.5) is 0 Å². The molecule has 2 rings (SSSR count). The predicted octanol–water partition coefficient (Wildman–Crippen LogP) is 4.37. The number of benzene rings is 1. The maximum atomic E-state index is 12.1. The largest absolute Gasteiger partial charge is 0.483 e. The fraction of sp³-hybridized carbons (Fsp3) is 0.455. The third-order valence-corrected chi connectivity index (χ3v) is 4.22. The van der Waals surface area contributed by atoms with E-state index in [0.717, 1.165) is 16.9 Å². The second-order valence-corrected chi connectivity index (χ2v) is 8.64. The number of rotatable bonds is 5. The first-order valence-electron chi connectivity index (χ1n) is 9.01. The Morgan fingerprint density at radius 3 is 2.38 bits per heavy atom. The van der Waals surface area contributed by atoms with E-state index in [9.17, 15) is 4.79 Å². The Labute approximate surface area is 157 Å². The van der Waals surface area contributed by atoms with Gasteiger partial charge in [-0.1, -0.05) is 59.7 Å². The predicted molar refractivity (Wildman–Crippen MR) is 105 cm³/mol. The molecule has 26 heavy (non-hydrogen) atoms. The molecule has 4 nitrogen and oxygen atoms in total. The number of amides is 1. The molecule has 1 heterocycles. The molecule has 0 spiro atoms. The van der Waals surface area contributed by atoms with E-state index in [0.29, 0.717) is 6.54 Å². The zero-order chi connectivity index (χ0) is 19.4. The Morgan fingerprint density at radius 1 is 1.08 bits per heavy atom. The van der Waals surface area contributed by atoms with Crippen molar-refractivity contribution in [2.45, 2.75) is 58.9 Å². The minimum absolute atomic E-state index is 0.00178. The van der Waals surface area contributed by atoms with E-state index in [1.54, 1.807) is 12.4 Å². The minimum atomic E-state index is -0.145. The number of pyridine rings is 1. The number of hydrogen-bond acceptors (Lipinski definition) is 3. The Balaban J connectivity index is 2.05. The number of nitrogens with one attached hydrogen (secondary N) is 1. The summed E-state index contributed by atoms with van der Waals surface area (Å²) in [6.45, 7) is 13.5. The van der Waals surface area contributed by atoms with Gasteiger partial charge in [-0.25, -0.2) is 0 Å². The van der Waals surface area contributed by atoms with Gasteiger partial charge in [0.2, 0.25) is 0 Å². The first kappa shape index (κ1) is 20.0. The number of ether oxygens (including phenoxy) is 1. The highest BCUT2D eigenvalue weighted by Gasteiger charge is 2.23. The van der Waals surface area contributed by atoms with Crippen LogP contribution in [0.1, 0.15) is 58.2 Å². The molecule has 0 radical (unpaired) electrons. The van der Waals surface area contributed by atoms with Crippen molar-refractivity contribution < 1.29 is 9.53 Å². The van der Waals surface area contributed by atoms with Gasteiger partial charge in [0, 0.05) is 18.9 Å². The minimum Gasteiger partial charge on any atom is -0.483 e. The maximum Gasteiger partial charge on any atom is 0.258 e. The van der Waals surface area contributed by atoms with Gasteiger partial charge in [0.25, 0.3) is 5.91 Å². The van der Waals surface area contributed by atoms with E-state index in [1.165, 1.54) is 5.56 Å². The van der Waals surface area contributed by atoms with Crippen molar-refractivity contribution in [1.29, 1.82) is 0 Å². The summed E-state index contributed by atoms with van der Waals surface area (Å²) in [5, 5.41) is 2.86. The second-order valence-electron chi connectivity index (χ2n) is 8.64. The monoisotopic (exact) mass is 354 g/mol. The Kier molecular flexibility index (Phi) is 6.06. The van der Waals surface area contributed by atoms with Gasteiger partial charge in [0.05, 0.1) is 0 Å². The van der Waals surface area contributed by atoms with E-state index in [2.05, 4.69) is 64.0 Å². The van der Waals surface area contributed by atoms with Crippen LogP contribution >= 0.6 is 0 Å². The molecule has 4 heteroatoms. The molecule has 0 aliphatic heterocycles. The molecule has 1 amide bonds. The fourth-order valence-electron chi connectivity index (χ4n) is 2.61. The van der Waals surface area contributed by atoms with Gasteiger partial charge in [0.15, 0.2) is 6.61 Å². The van der Waals surface area contributed by atoms with Crippen LogP contribution in [-0.4, -0.2) is 17.5 Å². The average Bonchev–Trinajstić information content (AvgIpc) is 2.57. The van der Waals surface area contributed by atoms with E-state index in [1.807, 2.05) is 18.2 Å². The van der Waals surface area contributed by atoms with Gasteiger partial charge in [-0.15, -0.1) is 0 Å². The van der Waals surface area contributed by atoms with Crippen molar-refractivity contribution >= 4 is 5.91 Å². The van der Waals surface area contributed by atoms with Crippen molar-refractivity contribution in [3.05, 3.63) is 59.4 Å². The van der Waals surface area contributed by atoms with Gasteiger partial charge >= 0.3 is 0 Å². The molecule has 1 aromatic heterocycles. The number of carbonyl (C=O) groups excluding carboxylic acids is 1. The Bertz CT molecular complexity index is 741. The molecule has 0 atom stereocenters. The highest BCUT2D eigenvalue weighted by atomic mass is 16.5. The van der Waals surface area contributed by atoms with E-state index in [4.69, 9.17) is 4.74 Å². The summed E-state index contributed by atoms with van der Waals surface area (Å²) in [6, 6.07) is 10.0. The van der Waals surface area contributed by atoms with Crippen LogP contribution in [-0.2, 0) is 22.2 Å². The third kappa shape index (κ3) is 5.58. The second kappa shape index (κ2) is 7.90. The van der Waals surface area contributed by atoms with Crippen LogP contribution in [0.3, 0.4) is 0 Å². The van der Waals surface area contributed by atoms with Crippen LogP contribution in [0.2, 0.25) is 0 Å². The lowest BCUT2D eigenvalue weighted by Crippen LogP contribution is -2.29. The summed E-state index contributed by atoms with van der Waals surface area (Å²) in [5.74, 6) is 0.621. The number of hydrogen-bond donors (Lipinski definition) is 1. The van der Waals surface area contributed by atoms with Crippen LogP contribution < -0.4 is 10.1 Å². The van der Waals surface area contributed by atoms with Gasteiger partial charge in [-0.3, -0.25) is 9.78 Å². The summed E-state index contributed by atoms with van der Waals surface area (Å²) in [4.78, 5) is 16.2. The van der Waals surface area contributed by atoms with Gasteiger partial charge in [-0.05, 0) is 39.7 Å². The fourth-order valence-corrected chi connectivity index (χ4v) is 2.61. The summed E-state index contributed by atoms with van der Waals surface area (Å²) in [6.07, 6.45) is 3.45. The molecule has 0 aliphatic rings. The van der Waals surface area contributed by atoms with Crippen molar-refractivity contribution in [2.75, 3.05) is 6.61 Å². The maximum absolute atomic E-state index is 12.1. The molecule has 0 aliphatic carbocycles. The van der Waals surface area contributed by atoms with E-state index in [-0.39, 0.29) is 23.3 Å². The molecule has 0 bridgehead atoms. The lowest BCUT2D eigenvalue weighted by atomic mass is 9.80. The molecule has 140 valence electrons. The highest BCUT2D eigenvalue weighted by Crippen LogP contribution is 2.35. The first-order chi connectivity index (χ1) is 12.1. The van der Waals surface area contributed by atoms with Crippen LogP contribution in [0, 0.1) is 0 Å². The molecule has 1 N–H and O–H groups in total. The summed E-state index contributed by atoms with van der Waals surface area (Å²) >= 11 is 0. The van der Waals surface area contributed by atoms with Crippen molar-refractivity contribution in [3.8, 4) is 5.75 Å². The first-order valence-corrected chi connectivity index (χ1v) is 9.01. The van der Waals surface area contributed by atoms with E-state index < -0.39 is 0 Å². The number of aromatic nitrogens is 1. The molecular formula is C22H30N2O2. The topological polar surface area (TPSA) is 51.2 Å². The lowest BCUT2D eigenvalue weighted by Gasteiger charge is -2.27. The lowest BCUT2D eigenvalue weighted by molar-refractivity contribution is -0.123. The van der Waals surface area contributed by atoms with E-state index >= 15 is 0 Å². The normalized spacial score (nSPS) is 11.9. The molecule has 0 fully saturated rings. The molecular weight excluding hydrogens is 324 g/mol. The highest BCUT2D eigenvalue weighted by molar-refractivity contribution is 5.77. The zero-order valence-electron chi connectivity index (χ0n) is 16.7.